The van der Waals surface area contributed by atoms with E-state index in [4.69, 9.17) is 5.73 Å². The number of sulfone groups is 1. The number of hydrogen-bond acceptors (Lipinski definition) is 7. The molecule has 2 aromatic carbocycles. The fourth-order valence-corrected chi connectivity index (χ4v) is 8.66. The molecule has 0 radical (unpaired) electrons. The standard InChI is InChI=1S/C34H41F2N5O5S/c1-34(2)18-28-30(24-8-5-22(35)17-27(24)41(28)29(42)19-34)21-15-25(36)31(32(37)43)26(16-21)39-23-6-3-20(4-7-23)33(44)38-9-10-40-11-13-47(45,46)14-12-40/h5,8,15-17,20,23,39H,3-4,6-7,9-14,18-19H2,1-2H3,(H2,37,43)(H,38,44)/t20-,23-. The number of carbonyl (C=O) groups is 3. The van der Waals surface area contributed by atoms with Crippen LogP contribution >= 0.6 is 0 Å². The van der Waals surface area contributed by atoms with Crippen LogP contribution in [0.4, 0.5) is 14.5 Å². The minimum Gasteiger partial charge on any atom is -0.382 e. The molecule has 1 aromatic heterocycles. The summed E-state index contributed by atoms with van der Waals surface area (Å²) in [7, 11) is -2.95. The lowest BCUT2D eigenvalue weighted by Gasteiger charge is -2.31. The summed E-state index contributed by atoms with van der Waals surface area (Å²) in [6, 6.07) is 7.02. The van der Waals surface area contributed by atoms with Gasteiger partial charge in [-0.3, -0.25) is 23.9 Å². The van der Waals surface area contributed by atoms with E-state index in [1.54, 1.807) is 12.1 Å². The minimum absolute atomic E-state index is 0.0433. The van der Waals surface area contributed by atoms with Crippen LogP contribution in [0.1, 0.15) is 66.8 Å². The molecule has 2 aliphatic heterocycles. The zero-order valence-electron chi connectivity index (χ0n) is 26.7. The molecule has 3 aliphatic rings. The average molecular weight is 670 g/mol. The van der Waals surface area contributed by atoms with Crippen molar-refractivity contribution >= 4 is 44.1 Å². The largest absolute Gasteiger partial charge is 0.382 e. The van der Waals surface area contributed by atoms with E-state index in [1.807, 2.05) is 18.7 Å². The summed E-state index contributed by atoms with van der Waals surface area (Å²) in [6.45, 7) is 5.96. The summed E-state index contributed by atoms with van der Waals surface area (Å²) in [4.78, 5) is 40.6. The first-order valence-corrected chi connectivity index (χ1v) is 18.0. The second kappa shape index (κ2) is 12.6. The average Bonchev–Trinajstić information content (AvgIpc) is 3.30. The maximum absolute atomic E-state index is 15.7. The monoisotopic (exact) mass is 669 g/mol. The van der Waals surface area contributed by atoms with Gasteiger partial charge in [-0.1, -0.05) is 13.8 Å². The number of carbonyl (C=O) groups excluding carboxylic acids is 3. The van der Waals surface area contributed by atoms with Gasteiger partial charge in [-0.25, -0.2) is 17.2 Å². The van der Waals surface area contributed by atoms with Gasteiger partial charge in [0.15, 0.2) is 9.84 Å². The van der Waals surface area contributed by atoms with Crippen LogP contribution in [0.5, 0.6) is 0 Å². The van der Waals surface area contributed by atoms with Gasteiger partial charge in [0.25, 0.3) is 5.91 Å². The van der Waals surface area contributed by atoms with Crippen molar-refractivity contribution < 1.29 is 31.6 Å². The van der Waals surface area contributed by atoms with Crippen molar-refractivity contribution in [3.63, 3.8) is 0 Å². The molecule has 1 aliphatic carbocycles. The second-order valence-electron chi connectivity index (χ2n) is 14.0. The topological polar surface area (TPSA) is 144 Å². The number of hydrogen-bond donors (Lipinski definition) is 3. The molecule has 47 heavy (non-hydrogen) atoms. The number of amides is 2. The number of fused-ring (bicyclic) bond motifs is 3. The van der Waals surface area contributed by atoms with Crippen LogP contribution < -0.4 is 16.4 Å². The fourth-order valence-electron chi connectivity index (χ4n) is 7.38. The molecular formula is C34H41F2N5O5S. The zero-order chi connectivity index (χ0) is 33.7. The molecule has 0 spiro atoms. The third-order valence-electron chi connectivity index (χ3n) is 9.80. The number of rotatable bonds is 8. The van der Waals surface area contributed by atoms with Crippen LogP contribution in [0.25, 0.3) is 22.0 Å². The number of nitrogens with two attached hydrogens (primary N) is 1. The van der Waals surface area contributed by atoms with Crippen molar-refractivity contribution in [2.45, 2.75) is 58.4 Å². The third kappa shape index (κ3) is 6.92. The van der Waals surface area contributed by atoms with Gasteiger partial charge in [-0.05, 0) is 73.4 Å². The molecule has 3 aromatic rings. The molecule has 10 nitrogen and oxygen atoms in total. The van der Waals surface area contributed by atoms with Gasteiger partial charge in [0.05, 0.1) is 28.3 Å². The molecule has 2 amide bonds. The molecule has 3 heterocycles. The first-order chi connectivity index (χ1) is 22.2. The van der Waals surface area contributed by atoms with Gasteiger partial charge in [0.1, 0.15) is 11.6 Å². The third-order valence-corrected chi connectivity index (χ3v) is 11.4. The molecule has 1 saturated carbocycles. The summed E-state index contributed by atoms with van der Waals surface area (Å²) in [5, 5.41) is 6.92. The van der Waals surface area contributed by atoms with Crippen molar-refractivity contribution in [1.82, 2.24) is 14.8 Å². The van der Waals surface area contributed by atoms with Crippen LogP contribution in [0.3, 0.4) is 0 Å². The van der Waals surface area contributed by atoms with Crippen molar-refractivity contribution in [3.8, 4) is 11.1 Å². The Balaban J connectivity index is 1.19. The molecule has 0 atom stereocenters. The highest BCUT2D eigenvalue weighted by molar-refractivity contribution is 7.91. The number of nitrogens with one attached hydrogen (secondary N) is 2. The first-order valence-electron chi connectivity index (χ1n) is 16.2. The van der Waals surface area contributed by atoms with E-state index in [1.165, 1.54) is 22.8 Å². The Morgan fingerprint density at radius 1 is 1.02 bits per heavy atom. The van der Waals surface area contributed by atoms with E-state index in [9.17, 15) is 27.2 Å². The van der Waals surface area contributed by atoms with Crippen LogP contribution in [0.15, 0.2) is 30.3 Å². The number of primary amides is 1. The normalized spacial score (nSPS) is 22.5. The number of nitrogens with zero attached hydrogens (tertiary/aromatic N) is 2. The van der Waals surface area contributed by atoms with E-state index in [2.05, 4.69) is 10.6 Å². The number of anilines is 1. The van der Waals surface area contributed by atoms with Crippen LogP contribution in [0, 0.1) is 23.0 Å². The quantitative estimate of drug-likeness (QED) is 0.328. The van der Waals surface area contributed by atoms with Crippen LogP contribution in [0.2, 0.25) is 0 Å². The molecule has 1 saturated heterocycles. The Morgan fingerprint density at radius 3 is 2.40 bits per heavy atom. The summed E-state index contributed by atoms with van der Waals surface area (Å²) in [6.07, 6.45) is 3.21. The lowest BCUT2D eigenvalue weighted by Crippen LogP contribution is -2.45. The maximum atomic E-state index is 15.7. The first kappa shape index (κ1) is 33.1. The Kier molecular flexibility index (Phi) is 8.90. The van der Waals surface area contributed by atoms with E-state index >= 15 is 4.39 Å². The van der Waals surface area contributed by atoms with Gasteiger partial charge in [-0.15, -0.1) is 0 Å². The number of benzene rings is 2. The maximum Gasteiger partial charge on any atom is 0.253 e. The molecule has 0 unspecified atom stereocenters. The van der Waals surface area contributed by atoms with Crippen LogP contribution in [-0.4, -0.2) is 79.3 Å². The highest BCUT2D eigenvalue weighted by Gasteiger charge is 2.36. The van der Waals surface area contributed by atoms with Crippen LogP contribution in [-0.2, 0) is 21.1 Å². The number of aromatic nitrogens is 1. The molecule has 4 N–H and O–H groups in total. The number of halogens is 2. The highest BCUT2D eigenvalue weighted by Crippen LogP contribution is 2.44. The van der Waals surface area contributed by atoms with E-state index in [0.29, 0.717) is 86.0 Å². The Morgan fingerprint density at radius 2 is 1.72 bits per heavy atom. The van der Waals surface area contributed by atoms with E-state index < -0.39 is 27.4 Å². The van der Waals surface area contributed by atoms with Crippen molar-refractivity contribution in [1.29, 1.82) is 0 Å². The zero-order valence-corrected chi connectivity index (χ0v) is 27.5. The van der Waals surface area contributed by atoms with Gasteiger partial charge in [0, 0.05) is 61.2 Å². The second-order valence-corrected chi connectivity index (χ2v) is 16.3. The van der Waals surface area contributed by atoms with Crippen molar-refractivity contribution in [3.05, 3.63) is 53.2 Å². The van der Waals surface area contributed by atoms with Gasteiger partial charge >= 0.3 is 0 Å². The molecule has 13 heteroatoms. The predicted molar refractivity (Wildman–Crippen MR) is 176 cm³/mol. The Bertz CT molecular complexity index is 1850. The van der Waals surface area contributed by atoms with Gasteiger partial charge in [-0.2, -0.15) is 0 Å². The molecule has 2 fully saturated rings. The molecular weight excluding hydrogens is 628 g/mol. The lowest BCUT2D eigenvalue weighted by atomic mass is 9.80. The summed E-state index contributed by atoms with van der Waals surface area (Å²) < 4.78 is 54.9. The smallest absolute Gasteiger partial charge is 0.253 e. The summed E-state index contributed by atoms with van der Waals surface area (Å²) >= 11 is 0. The summed E-state index contributed by atoms with van der Waals surface area (Å²) in [5.74, 6) is -2.30. The highest BCUT2D eigenvalue weighted by atomic mass is 32.2. The lowest BCUT2D eigenvalue weighted by molar-refractivity contribution is -0.126. The van der Waals surface area contributed by atoms with Gasteiger partial charge < -0.3 is 16.4 Å². The fraction of sp³-hybridized carbons (Fsp3) is 0.500. The molecule has 252 valence electrons. The Labute approximate surface area is 273 Å². The molecule has 0 bridgehead atoms. The molecule has 6 rings (SSSR count). The van der Waals surface area contributed by atoms with E-state index in [-0.39, 0.29) is 58.4 Å². The Hall–Kier alpha value is -3.84. The predicted octanol–water partition coefficient (Wildman–Crippen LogP) is 4.12. The van der Waals surface area contributed by atoms with E-state index in [0.717, 1.165) is 0 Å². The van der Waals surface area contributed by atoms with Crippen molar-refractivity contribution in [2.75, 3.05) is 43.0 Å². The van der Waals surface area contributed by atoms with Gasteiger partial charge in [0.2, 0.25) is 11.8 Å². The van der Waals surface area contributed by atoms with Crippen molar-refractivity contribution in [2.24, 2.45) is 17.1 Å². The summed E-state index contributed by atoms with van der Waals surface area (Å²) in [5.41, 5.74) is 7.41. The minimum atomic E-state index is -2.95. The SMILES string of the molecule is CC1(C)CC(=O)n2c(c(-c3cc(F)c(C(N)=O)c(N[C@H]4CC[C@H](C(=O)NCCN5CCS(=O)(=O)CC5)CC4)c3)c3ccc(F)cc32)C1.